The van der Waals surface area contributed by atoms with Crippen LogP contribution in [0, 0.1) is 29.9 Å². The smallest absolute Gasteiger partial charge is 0.272 e. The Morgan fingerprint density at radius 3 is 2.70 bits per heavy atom. The number of amides is 1. The number of aromatic nitrogens is 1. The first-order valence-electron chi connectivity index (χ1n) is 9.13. The molecule has 1 fully saturated rings. The van der Waals surface area contributed by atoms with E-state index in [4.69, 9.17) is 0 Å². The molecule has 1 aromatic heterocycles. The van der Waals surface area contributed by atoms with Crippen molar-refractivity contribution in [1.82, 2.24) is 9.88 Å². The average molecular weight is 368 g/mol. The number of nitro benzene ring substituents is 1. The summed E-state index contributed by atoms with van der Waals surface area (Å²) < 4.78 is 0. The molecule has 0 radical (unpaired) electrons. The Labute approximate surface area is 158 Å². The number of likely N-dealkylation sites (tertiary alicyclic amines) is 1. The van der Waals surface area contributed by atoms with Crippen LogP contribution in [0.5, 0.6) is 0 Å². The first kappa shape index (κ1) is 19.0. The van der Waals surface area contributed by atoms with Crippen LogP contribution in [0.2, 0.25) is 0 Å². The summed E-state index contributed by atoms with van der Waals surface area (Å²) in [5, 5.41) is 14.0. The summed E-state index contributed by atoms with van der Waals surface area (Å²) in [5.74, 6) is 0.573. The van der Waals surface area contributed by atoms with Crippen LogP contribution >= 0.6 is 0 Å². The monoisotopic (exact) mass is 368 g/mol. The fraction of sp³-hybridized carbons (Fsp3) is 0.400. The quantitative estimate of drug-likeness (QED) is 0.645. The molecule has 7 heteroatoms. The normalized spacial score (nSPS) is 15.5. The van der Waals surface area contributed by atoms with Gasteiger partial charge in [-0.15, -0.1) is 0 Å². The minimum atomic E-state index is -0.339. The maximum atomic E-state index is 12.5. The number of nitrogens with zero attached hydrogens (tertiary/aromatic N) is 3. The van der Waals surface area contributed by atoms with E-state index in [2.05, 4.69) is 15.2 Å². The van der Waals surface area contributed by atoms with Gasteiger partial charge in [-0.05, 0) is 63.0 Å². The van der Waals surface area contributed by atoms with Crippen LogP contribution in [-0.2, 0) is 11.3 Å². The van der Waals surface area contributed by atoms with Gasteiger partial charge >= 0.3 is 0 Å². The number of nitrogens with one attached hydrogen (secondary N) is 1. The summed E-state index contributed by atoms with van der Waals surface area (Å²) in [6.07, 6.45) is 3.23. The number of rotatable bonds is 5. The van der Waals surface area contributed by atoms with E-state index >= 15 is 0 Å². The van der Waals surface area contributed by atoms with Gasteiger partial charge in [0.05, 0.1) is 4.92 Å². The summed E-state index contributed by atoms with van der Waals surface area (Å²) in [5.41, 5.74) is 2.90. The number of aryl methyl sites for hydroxylation is 1. The molecule has 142 valence electrons. The van der Waals surface area contributed by atoms with E-state index in [0.717, 1.165) is 37.1 Å². The molecule has 0 unspecified atom stereocenters. The Hall–Kier alpha value is -2.80. The van der Waals surface area contributed by atoms with E-state index in [9.17, 15) is 14.9 Å². The second kappa shape index (κ2) is 8.26. The zero-order chi connectivity index (χ0) is 19.4. The predicted octanol–water partition coefficient (Wildman–Crippen LogP) is 3.46. The molecule has 1 amide bonds. The number of piperidine rings is 1. The summed E-state index contributed by atoms with van der Waals surface area (Å²) in [6, 6.07) is 8.96. The van der Waals surface area contributed by atoms with Crippen molar-refractivity contribution in [2.24, 2.45) is 5.92 Å². The molecule has 0 saturated carbocycles. The maximum Gasteiger partial charge on any atom is 0.272 e. The number of carbonyl (C=O) groups is 1. The fourth-order valence-corrected chi connectivity index (χ4v) is 3.47. The maximum absolute atomic E-state index is 12.5. The molecule has 0 aliphatic carbocycles. The molecule has 1 aliphatic heterocycles. The fourth-order valence-electron chi connectivity index (χ4n) is 3.47. The van der Waals surface area contributed by atoms with Gasteiger partial charge in [0.15, 0.2) is 0 Å². The van der Waals surface area contributed by atoms with Crippen LogP contribution in [0.4, 0.5) is 11.5 Å². The van der Waals surface area contributed by atoms with Crippen LogP contribution in [0.15, 0.2) is 36.5 Å². The number of anilines is 1. The second-order valence-corrected chi connectivity index (χ2v) is 7.08. The molecule has 0 spiro atoms. The molecule has 0 atom stereocenters. The molecule has 1 aliphatic rings. The van der Waals surface area contributed by atoms with Crippen molar-refractivity contribution in [3.63, 3.8) is 0 Å². The van der Waals surface area contributed by atoms with Gasteiger partial charge in [-0.25, -0.2) is 4.98 Å². The first-order chi connectivity index (χ1) is 12.9. The molecular weight excluding hydrogens is 344 g/mol. The number of benzene rings is 1. The third-order valence-electron chi connectivity index (χ3n) is 5.13. The standard InChI is InChI=1S/C20H24N4O3/c1-14-6-9-21-19(12-14)22-20(25)16-7-10-23(11-8-16)13-17-4-3-5-18(15(17)2)24(26)27/h3-6,9,12,16H,7-8,10-11,13H2,1-2H3,(H,21,22,25). The summed E-state index contributed by atoms with van der Waals surface area (Å²) in [6.45, 7) is 6.01. The molecule has 1 saturated heterocycles. The van der Waals surface area contributed by atoms with Crippen LogP contribution in [0.25, 0.3) is 0 Å². The largest absolute Gasteiger partial charge is 0.310 e. The lowest BCUT2D eigenvalue weighted by molar-refractivity contribution is -0.385. The summed E-state index contributed by atoms with van der Waals surface area (Å²) >= 11 is 0. The molecule has 2 heterocycles. The van der Waals surface area contributed by atoms with Gasteiger partial charge in [0.2, 0.25) is 5.91 Å². The van der Waals surface area contributed by atoms with Crippen molar-refractivity contribution in [1.29, 1.82) is 0 Å². The molecule has 3 rings (SSSR count). The molecule has 2 aromatic rings. The topological polar surface area (TPSA) is 88.4 Å². The summed E-state index contributed by atoms with van der Waals surface area (Å²) in [4.78, 5) is 29.7. The Bertz CT molecular complexity index is 845. The molecule has 1 aromatic carbocycles. The number of hydrogen-bond donors (Lipinski definition) is 1. The minimum absolute atomic E-state index is 0.0132. The average Bonchev–Trinajstić information content (AvgIpc) is 2.64. The van der Waals surface area contributed by atoms with Crippen LogP contribution in [0.1, 0.15) is 29.5 Å². The van der Waals surface area contributed by atoms with E-state index in [1.807, 2.05) is 25.1 Å². The molecule has 27 heavy (non-hydrogen) atoms. The van der Waals surface area contributed by atoms with E-state index in [0.29, 0.717) is 17.9 Å². The van der Waals surface area contributed by atoms with E-state index < -0.39 is 0 Å². The van der Waals surface area contributed by atoms with Gasteiger partial charge < -0.3 is 5.32 Å². The van der Waals surface area contributed by atoms with Crippen molar-refractivity contribution in [2.45, 2.75) is 33.2 Å². The first-order valence-corrected chi connectivity index (χ1v) is 9.13. The number of hydrogen-bond acceptors (Lipinski definition) is 5. The van der Waals surface area contributed by atoms with E-state index in [1.165, 1.54) is 6.07 Å². The minimum Gasteiger partial charge on any atom is -0.310 e. The third-order valence-corrected chi connectivity index (χ3v) is 5.13. The van der Waals surface area contributed by atoms with Crippen molar-refractivity contribution < 1.29 is 9.72 Å². The summed E-state index contributed by atoms with van der Waals surface area (Å²) in [7, 11) is 0. The SMILES string of the molecule is Cc1ccnc(NC(=O)C2CCN(Cc3cccc([N+](=O)[O-])c3C)CC2)c1. The van der Waals surface area contributed by atoms with Crippen molar-refractivity contribution in [3.05, 3.63) is 63.3 Å². The highest BCUT2D eigenvalue weighted by molar-refractivity contribution is 5.91. The van der Waals surface area contributed by atoms with E-state index in [-0.39, 0.29) is 22.4 Å². The Morgan fingerprint density at radius 2 is 2.04 bits per heavy atom. The van der Waals surface area contributed by atoms with Crippen LogP contribution in [0.3, 0.4) is 0 Å². The molecular formula is C20H24N4O3. The number of carbonyl (C=O) groups excluding carboxylic acids is 1. The number of pyridine rings is 1. The molecule has 0 bridgehead atoms. The zero-order valence-electron chi connectivity index (χ0n) is 15.6. The lowest BCUT2D eigenvalue weighted by atomic mass is 9.95. The lowest BCUT2D eigenvalue weighted by Crippen LogP contribution is -2.38. The van der Waals surface area contributed by atoms with Crippen LogP contribution in [-0.4, -0.2) is 33.8 Å². The molecule has 1 N–H and O–H groups in total. The van der Waals surface area contributed by atoms with Gasteiger partial charge in [-0.3, -0.25) is 19.8 Å². The molecule has 7 nitrogen and oxygen atoms in total. The van der Waals surface area contributed by atoms with Crippen molar-refractivity contribution in [3.8, 4) is 0 Å². The predicted molar refractivity (Wildman–Crippen MR) is 103 cm³/mol. The zero-order valence-corrected chi connectivity index (χ0v) is 15.6. The highest BCUT2D eigenvalue weighted by Gasteiger charge is 2.26. The Morgan fingerprint density at radius 1 is 1.30 bits per heavy atom. The van der Waals surface area contributed by atoms with Crippen LogP contribution < -0.4 is 5.32 Å². The van der Waals surface area contributed by atoms with E-state index in [1.54, 1.807) is 19.2 Å². The van der Waals surface area contributed by atoms with Crippen molar-refractivity contribution >= 4 is 17.4 Å². The highest BCUT2D eigenvalue weighted by atomic mass is 16.6. The highest BCUT2D eigenvalue weighted by Crippen LogP contribution is 2.25. The second-order valence-electron chi connectivity index (χ2n) is 7.08. The van der Waals surface area contributed by atoms with Crippen molar-refractivity contribution in [2.75, 3.05) is 18.4 Å². The third kappa shape index (κ3) is 4.68. The van der Waals surface area contributed by atoms with Gasteiger partial charge in [0, 0.05) is 30.3 Å². The van der Waals surface area contributed by atoms with Gasteiger partial charge in [0.25, 0.3) is 5.69 Å². The van der Waals surface area contributed by atoms with Gasteiger partial charge in [-0.1, -0.05) is 12.1 Å². The van der Waals surface area contributed by atoms with Gasteiger partial charge in [0.1, 0.15) is 5.82 Å². The Balaban J connectivity index is 1.55. The Kier molecular flexibility index (Phi) is 5.81. The lowest BCUT2D eigenvalue weighted by Gasteiger charge is -2.31. The number of nitro groups is 1. The van der Waals surface area contributed by atoms with Gasteiger partial charge in [-0.2, -0.15) is 0 Å².